The smallest absolute Gasteiger partial charge is 0.221 e. The minimum atomic E-state index is 0.120. The largest absolute Gasteiger partial charge is 0.361 e. The first kappa shape index (κ1) is 13.6. The lowest BCUT2D eigenvalue weighted by Crippen LogP contribution is -2.28. The quantitative estimate of drug-likeness (QED) is 0.667. The fraction of sp³-hybridized carbons (Fsp3) is 0.400. The van der Waals surface area contributed by atoms with Crippen molar-refractivity contribution < 1.29 is 4.79 Å². The molecule has 0 aliphatic rings. The molecule has 0 saturated heterocycles. The van der Waals surface area contributed by atoms with Crippen molar-refractivity contribution in [2.24, 2.45) is 0 Å². The maximum atomic E-state index is 11.4. The van der Waals surface area contributed by atoms with Crippen LogP contribution in [0.5, 0.6) is 0 Å². The average Bonchev–Trinajstić information content (AvgIpc) is 2.90. The molecule has 0 aliphatic heterocycles. The first-order valence-electron chi connectivity index (χ1n) is 6.83. The van der Waals surface area contributed by atoms with Crippen molar-refractivity contribution in [3.8, 4) is 0 Å². The number of fused-ring (bicyclic) bond motifs is 1. The minimum absolute atomic E-state index is 0.120. The lowest BCUT2D eigenvalue weighted by atomic mass is 10.1. The minimum Gasteiger partial charge on any atom is -0.361 e. The highest BCUT2D eigenvalue weighted by atomic mass is 16.1. The van der Waals surface area contributed by atoms with Gasteiger partial charge >= 0.3 is 0 Å². The summed E-state index contributed by atoms with van der Waals surface area (Å²) in [5, 5.41) is 7.43. The molecular weight excluding hydrogens is 238 g/mol. The molecule has 0 aliphatic carbocycles. The topological polar surface area (TPSA) is 56.9 Å². The van der Waals surface area contributed by atoms with Crippen LogP contribution in [0.4, 0.5) is 0 Å². The Hall–Kier alpha value is -1.81. The number of hydrogen-bond acceptors (Lipinski definition) is 2. The van der Waals surface area contributed by atoms with Gasteiger partial charge in [-0.1, -0.05) is 19.1 Å². The van der Waals surface area contributed by atoms with Gasteiger partial charge < -0.3 is 15.6 Å². The lowest BCUT2D eigenvalue weighted by molar-refractivity contribution is -0.120. The summed E-state index contributed by atoms with van der Waals surface area (Å²) in [5.41, 5.74) is 2.41. The van der Waals surface area contributed by atoms with Crippen LogP contribution in [0.1, 0.15) is 25.3 Å². The van der Waals surface area contributed by atoms with Gasteiger partial charge in [-0.2, -0.15) is 0 Å². The molecule has 1 amide bonds. The number of nitrogens with one attached hydrogen (secondary N) is 3. The van der Waals surface area contributed by atoms with E-state index in [0.29, 0.717) is 13.0 Å². The summed E-state index contributed by atoms with van der Waals surface area (Å²) in [7, 11) is 0. The number of aromatic amines is 1. The predicted octanol–water partition coefficient (Wildman–Crippen LogP) is 2.17. The molecule has 19 heavy (non-hydrogen) atoms. The van der Waals surface area contributed by atoms with E-state index >= 15 is 0 Å². The van der Waals surface area contributed by atoms with Crippen molar-refractivity contribution in [3.05, 3.63) is 36.0 Å². The van der Waals surface area contributed by atoms with Crippen LogP contribution in [0, 0.1) is 0 Å². The van der Waals surface area contributed by atoms with E-state index in [4.69, 9.17) is 0 Å². The zero-order valence-electron chi connectivity index (χ0n) is 11.3. The number of benzene rings is 1. The Morgan fingerprint density at radius 3 is 3.00 bits per heavy atom. The van der Waals surface area contributed by atoms with Crippen LogP contribution in [0.25, 0.3) is 10.9 Å². The standard InChI is InChI=1S/C15H21N3O/c1-2-8-18-15(19)7-9-16-11-12-4-3-5-14-13(12)6-10-17-14/h3-6,10,16-17H,2,7-9,11H2,1H3,(H,18,19). The molecular formula is C15H21N3O. The molecule has 4 heteroatoms. The monoisotopic (exact) mass is 259 g/mol. The maximum Gasteiger partial charge on any atom is 0.221 e. The zero-order chi connectivity index (χ0) is 13.5. The molecule has 1 heterocycles. The molecule has 4 nitrogen and oxygen atoms in total. The summed E-state index contributed by atoms with van der Waals surface area (Å²) >= 11 is 0. The molecule has 0 atom stereocenters. The molecule has 0 fully saturated rings. The van der Waals surface area contributed by atoms with Gasteiger partial charge in [0.05, 0.1) is 0 Å². The van der Waals surface area contributed by atoms with E-state index in [0.717, 1.165) is 25.0 Å². The third kappa shape index (κ3) is 3.83. The number of rotatable bonds is 7. The van der Waals surface area contributed by atoms with Crippen molar-refractivity contribution in [1.29, 1.82) is 0 Å². The molecule has 2 aromatic rings. The summed E-state index contributed by atoms with van der Waals surface area (Å²) < 4.78 is 0. The van der Waals surface area contributed by atoms with Crippen LogP contribution in [0.15, 0.2) is 30.5 Å². The summed E-state index contributed by atoms with van der Waals surface area (Å²) in [5.74, 6) is 0.120. The summed E-state index contributed by atoms with van der Waals surface area (Å²) in [6, 6.07) is 8.31. The van der Waals surface area contributed by atoms with Gasteiger partial charge in [0, 0.05) is 43.2 Å². The molecule has 2 rings (SSSR count). The number of hydrogen-bond donors (Lipinski definition) is 3. The van der Waals surface area contributed by atoms with Gasteiger partial charge in [0.15, 0.2) is 0 Å². The molecule has 0 bridgehead atoms. The Balaban J connectivity index is 1.77. The van der Waals surface area contributed by atoms with Gasteiger partial charge in [-0.15, -0.1) is 0 Å². The third-order valence-electron chi connectivity index (χ3n) is 3.10. The van der Waals surface area contributed by atoms with E-state index in [1.807, 2.05) is 12.3 Å². The van der Waals surface area contributed by atoms with Gasteiger partial charge in [0.2, 0.25) is 5.91 Å². The molecule has 0 saturated carbocycles. The van der Waals surface area contributed by atoms with Crippen LogP contribution in [-0.2, 0) is 11.3 Å². The summed E-state index contributed by atoms with van der Waals surface area (Å²) in [6.07, 6.45) is 3.46. The van der Waals surface area contributed by atoms with Crippen LogP contribution >= 0.6 is 0 Å². The van der Waals surface area contributed by atoms with Crippen molar-refractivity contribution >= 4 is 16.8 Å². The van der Waals surface area contributed by atoms with Gasteiger partial charge in [-0.3, -0.25) is 4.79 Å². The summed E-state index contributed by atoms with van der Waals surface area (Å²) in [6.45, 7) is 4.31. The van der Waals surface area contributed by atoms with E-state index in [-0.39, 0.29) is 5.91 Å². The number of carbonyl (C=O) groups excluding carboxylic acids is 1. The SMILES string of the molecule is CCCNC(=O)CCNCc1cccc2[nH]ccc12. The Labute approximate surface area is 113 Å². The van der Waals surface area contributed by atoms with E-state index in [1.165, 1.54) is 10.9 Å². The van der Waals surface area contributed by atoms with Crippen molar-refractivity contribution in [2.75, 3.05) is 13.1 Å². The van der Waals surface area contributed by atoms with Gasteiger partial charge in [-0.05, 0) is 24.1 Å². The lowest BCUT2D eigenvalue weighted by Gasteiger charge is -2.07. The number of H-pyrrole nitrogens is 1. The highest BCUT2D eigenvalue weighted by Gasteiger charge is 2.02. The second-order valence-electron chi connectivity index (χ2n) is 4.63. The van der Waals surface area contributed by atoms with Crippen LogP contribution < -0.4 is 10.6 Å². The molecule has 102 valence electrons. The Kier molecular flexibility index (Phi) is 4.98. The molecule has 0 unspecified atom stereocenters. The Morgan fingerprint density at radius 1 is 1.26 bits per heavy atom. The first-order chi connectivity index (χ1) is 9.31. The normalized spacial score (nSPS) is 10.8. The predicted molar refractivity (Wildman–Crippen MR) is 77.9 cm³/mol. The van der Waals surface area contributed by atoms with Crippen molar-refractivity contribution in [2.45, 2.75) is 26.3 Å². The van der Waals surface area contributed by atoms with Crippen molar-refractivity contribution in [3.63, 3.8) is 0 Å². The fourth-order valence-corrected chi connectivity index (χ4v) is 2.08. The number of aromatic nitrogens is 1. The van der Waals surface area contributed by atoms with Crippen molar-refractivity contribution in [1.82, 2.24) is 15.6 Å². The zero-order valence-corrected chi connectivity index (χ0v) is 11.3. The first-order valence-corrected chi connectivity index (χ1v) is 6.83. The van der Waals surface area contributed by atoms with E-state index in [2.05, 4.69) is 40.7 Å². The van der Waals surface area contributed by atoms with E-state index in [9.17, 15) is 4.79 Å². The highest BCUT2D eigenvalue weighted by Crippen LogP contribution is 2.16. The van der Waals surface area contributed by atoms with Gasteiger partial charge in [0.1, 0.15) is 0 Å². The number of amides is 1. The van der Waals surface area contributed by atoms with Crippen LogP contribution in [-0.4, -0.2) is 24.0 Å². The Bertz CT molecular complexity index is 533. The highest BCUT2D eigenvalue weighted by molar-refractivity contribution is 5.82. The Morgan fingerprint density at radius 2 is 2.16 bits per heavy atom. The van der Waals surface area contributed by atoms with Crippen LogP contribution in [0.2, 0.25) is 0 Å². The summed E-state index contributed by atoms with van der Waals surface area (Å²) in [4.78, 5) is 14.6. The molecule has 1 aromatic carbocycles. The molecule has 1 aromatic heterocycles. The maximum absolute atomic E-state index is 11.4. The number of carbonyl (C=O) groups is 1. The van der Waals surface area contributed by atoms with E-state index < -0.39 is 0 Å². The molecule has 3 N–H and O–H groups in total. The van der Waals surface area contributed by atoms with Crippen LogP contribution in [0.3, 0.4) is 0 Å². The van der Waals surface area contributed by atoms with Gasteiger partial charge in [0.25, 0.3) is 0 Å². The second kappa shape index (κ2) is 6.95. The molecule has 0 radical (unpaired) electrons. The van der Waals surface area contributed by atoms with Gasteiger partial charge in [-0.25, -0.2) is 0 Å². The molecule has 0 spiro atoms. The second-order valence-corrected chi connectivity index (χ2v) is 4.63. The fourth-order valence-electron chi connectivity index (χ4n) is 2.08. The average molecular weight is 259 g/mol. The van der Waals surface area contributed by atoms with E-state index in [1.54, 1.807) is 0 Å². The third-order valence-corrected chi connectivity index (χ3v) is 3.10.